The highest BCUT2D eigenvalue weighted by atomic mass is 16.5. The SMILES string of the molecule is COc1ccc(OCCN(C)C(=O)[C@@H]2CC(=O)N(C)[C@@H](CC(C)C)C(=O)N(C)[C@H](CC(C)C)COc3ccccc3C(=O)N2)cc1. The number of hydrogen-bond acceptors (Lipinski definition) is 7. The molecule has 11 nitrogen and oxygen atoms in total. The van der Waals surface area contributed by atoms with Gasteiger partial charge < -0.3 is 34.2 Å². The number of methoxy groups -OCH3 is 1. The average Bonchev–Trinajstić information content (AvgIpc) is 3.03. The molecular formula is C35H50N4O7. The number of nitrogens with zero attached hydrogens (tertiary/aromatic N) is 3. The van der Waals surface area contributed by atoms with Crippen LogP contribution in [0.25, 0.3) is 0 Å². The van der Waals surface area contributed by atoms with Gasteiger partial charge >= 0.3 is 0 Å². The monoisotopic (exact) mass is 638 g/mol. The first-order valence-electron chi connectivity index (χ1n) is 15.9. The van der Waals surface area contributed by atoms with E-state index >= 15 is 0 Å². The summed E-state index contributed by atoms with van der Waals surface area (Å²) in [6.07, 6.45) is 0.791. The summed E-state index contributed by atoms with van der Waals surface area (Å²) in [6, 6.07) is 11.6. The zero-order valence-corrected chi connectivity index (χ0v) is 28.4. The van der Waals surface area contributed by atoms with Crippen LogP contribution in [0.1, 0.15) is 57.3 Å². The third-order valence-corrected chi connectivity index (χ3v) is 8.16. The molecule has 0 spiro atoms. The van der Waals surface area contributed by atoms with Crippen molar-refractivity contribution in [2.75, 3.05) is 48.0 Å². The van der Waals surface area contributed by atoms with Crippen molar-refractivity contribution in [1.82, 2.24) is 20.0 Å². The summed E-state index contributed by atoms with van der Waals surface area (Å²) >= 11 is 0. The second-order valence-electron chi connectivity index (χ2n) is 12.7. The van der Waals surface area contributed by atoms with E-state index in [1.807, 2.05) is 13.8 Å². The maximum atomic E-state index is 14.0. The highest BCUT2D eigenvalue weighted by Crippen LogP contribution is 2.23. The zero-order chi connectivity index (χ0) is 34.0. The number of hydrogen-bond donors (Lipinski definition) is 1. The van der Waals surface area contributed by atoms with Crippen molar-refractivity contribution < 1.29 is 33.4 Å². The van der Waals surface area contributed by atoms with Crippen molar-refractivity contribution in [3.05, 3.63) is 54.1 Å². The summed E-state index contributed by atoms with van der Waals surface area (Å²) in [7, 11) is 6.51. The van der Waals surface area contributed by atoms with Crippen molar-refractivity contribution in [3.63, 3.8) is 0 Å². The number of amides is 4. The molecule has 2 aromatic rings. The normalized spacial score (nSPS) is 19.7. The van der Waals surface area contributed by atoms with Crippen molar-refractivity contribution in [2.45, 2.75) is 65.1 Å². The molecule has 0 saturated heterocycles. The molecule has 1 aliphatic rings. The van der Waals surface area contributed by atoms with Gasteiger partial charge in [0.05, 0.1) is 31.7 Å². The third-order valence-electron chi connectivity index (χ3n) is 8.16. The quantitative estimate of drug-likeness (QED) is 0.420. The van der Waals surface area contributed by atoms with Gasteiger partial charge in [-0.3, -0.25) is 19.2 Å². The van der Waals surface area contributed by atoms with Crippen molar-refractivity contribution >= 4 is 23.6 Å². The fraction of sp³-hybridized carbons (Fsp3) is 0.543. The lowest BCUT2D eigenvalue weighted by molar-refractivity contribution is -0.147. The Morgan fingerprint density at radius 1 is 0.957 bits per heavy atom. The van der Waals surface area contributed by atoms with E-state index in [1.54, 1.807) is 81.7 Å². The summed E-state index contributed by atoms with van der Waals surface area (Å²) in [4.78, 5) is 59.7. The van der Waals surface area contributed by atoms with Gasteiger partial charge in [0, 0.05) is 21.1 Å². The molecule has 2 aromatic carbocycles. The Labute approximate surface area is 273 Å². The van der Waals surface area contributed by atoms with Gasteiger partial charge in [-0.05, 0) is 61.1 Å². The van der Waals surface area contributed by atoms with E-state index in [0.717, 1.165) is 0 Å². The fourth-order valence-corrected chi connectivity index (χ4v) is 5.41. The van der Waals surface area contributed by atoms with Gasteiger partial charge in [-0.1, -0.05) is 39.8 Å². The van der Waals surface area contributed by atoms with Gasteiger partial charge in [-0.25, -0.2) is 0 Å². The number of fused-ring (bicyclic) bond motifs is 1. The molecule has 1 heterocycles. The highest BCUT2D eigenvalue weighted by Gasteiger charge is 2.36. The number of benzene rings is 2. The number of para-hydroxylation sites is 1. The van der Waals surface area contributed by atoms with Crippen LogP contribution in [0.2, 0.25) is 0 Å². The smallest absolute Gasteiger partial charge is 0.255 e. The Balaban J connectivity index is 1.91. The van der Waals surface area contributed by atoms with E-state index in [4.69, 9.17) is 14.2 Å². The van der Waals surface area contributed by atoms with E-state index in [1.165, 1.54) is 9.80 Å². The number of nitrogens with one attached hydrogen (secondary N) is 1. The molecule has 252 valence electrons. The standard InChI is InChI=1S/C35H50N4O7/c1-23(2)19-25-22-46-31-12-10-9-11-28(31)33(41)36-29(21-32(40)39(7)30(20-24(3)4)35(43)38(25)6)34(42)37(5)17-18-45-27-15-13-26(44-8)14-16-27/h9-16,23-25,29-30H,17-22H2,1-8H3,(H,36,41)/t25-,29+,30+/m1/s1. The molecule has 0 aromatic heterocycles. The van der Waals surface area contributed by atoms with Crippen LogP contribution >= 0.6 is 0 Å². The minimum Gasteiger partial charge on any atom is -0.497 e. The van der Waals surface area contributed by atoms with Gasteiger partial charge in [0.15, 0.2) is 0 Å². The van der Waals surface area contributed by atoms with Crippen LogP contribution in [0, 0.1) is 11.8 Å². The van der Waals surface area contributed by atoms with E-state index in [2.05, 4.69) is 19.2 Å². The summed E-state index contributed by atoms with van der Waals surface area (Å²) in [5.74, 6) is 0.438. The highest BCUT2D eigenvalue weighted by molar-refractivity contribution is 6.01. The number of likely N-dealkylation sites (N-methyl/N-ethyl adjacent to an activating group) is 3. The van der Waals surface area contributed by atoms with Crippen LogP contribution in [-0.4, -0.2) is 104 Å². The van der Waals surface area contributed by atoms with Crippen LogP contribution in [0.5, 0.6) is 17.2 Å². The summed E-state index contributed by atoms with van der Waals surface area (Å²) in [6.45, 7) is 8.70. The molecule has 0 fully saturated rings. The van der Waals surface area contributed by atoms with Gasteiger partial charge in [-0.15, -0.1) is 0 Å². The van der Waals surface area contributed by atoms with Gasteiger partial charge in [0.1, 0.15) is 42.5 Å². The third kappa shape index (κ3) is 9.86. The Hall–Kier alpha value is -4.28. The van der Waals surface area contributed by atoms with E-state index < -0.39 is 29.8 Å². The molecule has 3 rings (SSSR count). The van der Waals surface area contributed by atoms with Crippen LogP contribution < -0.4 is 19.5 Å². The lowest BCUT2D eigenvalue weighted by Gasteiger charge is -2.37. The number of ether oxygens (including phenoxy) is 3. The van der Waals surface area contributed by atoms with E-state index in [-0.39, 0.29) is 55.5 Å². The molecule has 0 bridgehead atoms. The van der Waals surface area contributed by atoms with Gasteiger partial charge in [0.2, 0.25) is 17.7 Å². The molecule has 1 N–H and O–H groups in total. The second-order valence-corrected chi connectivity index (χ2v) is 12.7. The van der Waals surface area contributed by atoms with Gasteiger partial charge in [0.25, 0.3) is 5.91 Å². The molecule has 0 saturated carbocycles. The topological polar surface area (TPSA) is 118 Å². The molecule has 0 aliphatic carbocycles. The Morgan fingerprint density at radius 2 is 1.59 bits per heavy atom. The number of rotatable bonds is 10. The fourth-order valence-electron chi connectivity index (χ4n) is 5.41. The molecule has 3 atom stereocenters. The lowest BCUT2D eigenvalue weighted by Crippen LogP contribution is -2.55. The van der Waals surface area contributed by atoms with Crippen molar-refractivity contribution in [3.8, 4) is 17.2 Å². The van der Waals surface area contributed by atoms with Gasteiger partial charge in [-0.2, -0.15) is 0 Å². The zero-order valence-electron chi connectivity index (χ0n) is 28.4. The molecular weight excluding hydrogens is 588 g/mol. The van der Waals surface area contributed by atoms with Crippen LogP contribution in [0.4, 0.5) is 0 Å². The molecule has 4 amide bonds. The molecule has 1 aliphatic heterocycles. The first-order chi connectivity index (χ1) is 21.8. The minimum absolute atomic E-state index is 0.122. The number of carbonyl (C=O) groups excluding carboxylic acids is 4. The van der Waals surface area contributed by atoms with Crippen LogP contribution in [0.15, 0.2) is 48.5 Å². The molecule has 46 heavy (non-hydrogen) atoms. The second kappa shape index (κ2) is 16.9. The number of carbonyl (C=O) groups is 4. The summed E-state index contributed by atoms with van der Waals surface area (Å²) < 4.78 is 17.2. The largest absolute Gasteiger partial charge is 0.497 e. The van der Waals surface area contributed by atoms with E-state index in [9.17, 15) is 19.2 Å². The molecule has 0 unspecified atom stereocenters. The molecule has 11 heteroatoms. The maximum Gasteiger partial charge on any atom is 0.255 e. The van der Waals surface area contributed by atoms with Crippen LogP contribution in [0.3, 0.4) is 0 Å². The first-order valence-corrected chi connectivity index (χ1v) is 15.9. The Kier molecular flexibility index (Phi) is 13.3. The summed E-state index contributed by atoms with van der Waals surface area (Å²) in [5.41, 5.74) is 0.235. The van der Waals surface area contributed by atoms with Crippen molar-refractivity contribution in [1.29, 1.82) is 0 Å². The van der Waals surface area contributed by atoms with Crippen molar-refractivity contribution in [2.24, 2.45) is 11.8 Å². The lowest BCUT2D eigenvalue weighted by atomic mass is 9.98. The summed E-state index contributed by atoms with van der Waals surface area (Å²) in [5, 5.41) is 2.79. The van der Waals surface area contributed by atoms with Crippen LogP contribution in [-0.2, 0) is 14.4 Å². The Bertz CT molecular complexity index is 1330. The molecule has 0 radical (unpaired) electrons. The predicted octanol–water partition coefficient (Wildman–Crippen LogP) is 3.86. The van der Waals surface area contributed by atoms with E-state index in [0.29, 0.717) is 30.1 Å². The average molecular weight is 639 g/mol. The minimum atomic E-state index is -1.19. The first kappa shape index (κ1) is 36.2. The maximum absolute atomic E-state index is 14.0. The Morgan fingerprint density at radius 3 is 2.22 bits per heavy atom. The predicted molar refractivity (Wildman–Crippen MR) is 176 cm³/mol.